The smallest absolute Gasteiger partial charge is 0.235 e. The molecule has 1 aliphatic heterocycles. The topological polar surface area (TPSA) is 57.7 Å². The zero-order chi connectivity index (χ0) is 21.3. The minimum atomic E-state index is -0.204. The summed E-state index contributed by atoms with van der Waals surface area (Å²) in [6, 6.07) is 19.7. The fourth-order valence-corrected chi connectivity index (χ4v) is 4.41. The van der Waals surface area contributed by atoms with E-state index in [2.05, 4.69) is 20.1 Å². The number of piperazine rings is 1. The van der Waals surface area contributed by atoms with Crippen molar-refractivity contribution >= 4 is 17.2 Å². The molecular formula is C24H28N4O2S. The van der Waals surface area contributed by atoms with Crippen LogP contribution in [0.5, 0.6) is 5.75 Å². The minimum Gasteiger partial charge on any atom is -0.492 e. The maximum Gasteiger partial charge on any atom is 0.235 e. The van der Waals surface area contributed by atoms with Gasteiger partial charge in [0.2, 0.25) is 5.91 Å². The molecule has 1 atom stereocenters. The second-order valence-electron chi connectivity index (χ2n) is 7.56. The van der Waals surface area contributed by atoms with E-state index < -0.39 is 0 Å². The van der Waals surface area contributed by atoms with Crippen LogP contribution in [-0.4, -0.2) is 66.6 Å². The third kappa shape index (κ3) is 6.37. The zero-order valence-corrected chi connectivity index (χ0v) is 18.3. The van der Waals surface area contributed by atoms with Crippen LogP contribution in [0.4, 0.5) is 0 Å². The average molecular weight is 437 g/mol. The molecule has 31 heavy (non-hydrogen) atoms. The molecular weight excluding hydrogens is 408 g/mol. The Morgan fingerprint density at radius 3 is 2.35 bits per heavy atom. The summed E-state index contributed by atoms with van der Waals surface area (Å²) in [5, 5.41) is 6.03. The highest BCUT2D eigenvalue weighted by molar-refractivity contribution is 7.09. The summed E-state index contributed by atoms with van der Waals surface area (Å²) in [5.41, 5.74) is 1.05. The Hall–Kier alpha value is -2.74. The number of ether oxygens (including phenoxy) is 1. The average Bonchev–Trinajstić information content (AvgIpc) is 3.35. The molecule has 1 unspecified atom stereocenters. The van der Waals surface area contributed by atoms with Crippen molar-refractivity contribution in [1.82, 2.24) is 20.1 Å². The van der Waals surface area contributed by atoms with Gasteiger partial charge < -0.3 is 10.1 Å². The molecule has 1 amide bonds. The molecule has 0 aliphatic carbocycles. The molecule has 1 fully saturated rings. The van der Waals surface area contributed by atoms with Crippen LogP contribution in [0.25, 0.3) is 0 Å². The van der Waals surface area contributed by atoms with Gasteiger partial charge in [0, 0.05) is 44.3 Å². The van der Waals surface area contributed by atoms with Gasteiger partial charge in [0.25, 0.3) is 0 Å². The number of carbonyl (C=O) groups excluding carboxylic acids is 1. The first kappa shape index (κ1) is 21.5. The van der Waals surface area contributed by atoms with Gasteiger partial charge in [0.15, 0.2) is 0 Å². The largest absolute Gasteiger partial charge is 0.492 e. The Kier molecular flexibility index (Phi) is 7.65. The first-order valence-corrected chi connectivity index (χ1v) is 11.5. The Balaban J connectivity index is 1.22. The molecule has 2 heterocycles. The second-order valence-corrected chi connectivity index (χ2v) is 8.49. The molecule has 1 N–H and O–H groups in total. The highest BCUT2D eigenvalue weighted by Gasteiger charge is 2.22. The highest BCUT2D eigenvalue weighted by Crippen LogP contribution is 2.23. The molecule has 3 aromatic rings. The van der Waals surface area contributed by atoms with Gasteiger partial charge in [-0.2, -0.15) is 0 Å². The van der Waals surface area contributed by atoms with Gasteiger partial charge in [-0.15, -0.1) is 11.3 Å². The van der Waals surface area contributed by atoms with E-state index in [0.717, 1.165) is 49.0 Å². The Bertz CT molecular complexity index is 913. The number of hydrogen-bond donors (Lipinski definition) is 1. The van der Waals surface area contributed by atoms with Crippen molar-refractivity contribution in [2.24, 2.45) is 0 Å². The summed E-state index contributed by atoms with van der Waals surface area (Å²) in [4.78, 5) is 21.8. The summed E-state index contributed by atoms with van der Waals surface area (Å²) in [7, 11) is 0. The van der Waals surface area contributed by atoms with Crippen molar-refractivity contribution in [3.63, 3.8) is 0 Å². The third-order valence-electron chi connectivity index (χ3n) is 5.39. The monoisotopic (exact) mass is 436 g/mol. The number of thiazole rings is 1. The van der Waals surface area contributed by atoms with E-state index in [0.29, 0.717) is 13.2 Å². The fourth-order valence-electron chi connectivity index (χ4n) is 3.70. The third-order valence-corrected chi connectivity index (χ3v) is 6.23. The van der Waals surface area contributed by atoms with Crippen molar-refractivity contribution in [1.29, 1.82) is 0 Å². The molecule has 4 rings (SSSR count). The second kappa shape index (κ2) is 11.0. The standard InChI is InChI=1S/C24H28N4O2S/c29-22(26-23(24-25-11-18-31-24)20-7-3-1-4-8-20)19-28-14-12-27(13-15-28)16-17-30-21-9-5-2-6-10-21/h1-11,18,23H,12-17,19H2,(H,26,29). The minimum absolute atomic E-state index is 0.0323. The van der Waals surface area contributed by atoms with E-state index in [1.165, 1.54) is 0 Å². The molecule has 1 aromatic heterocycles. The van der Waals surface area contributed by atoms with E-state index >= 15 is 0 Å². The van der Waals surface area contributed by atoms with Gasteiger partial charge in [-0.1, -0.05) is 48.5 Å². The van der Waals surface area contributed by atoms with Crippen molar-refractivity contribution in [3.05, 3.63) is 82.8 Å². The molecule has 6 nitrogen and oxygen atoms in total. The van der Waals surface area contributed by atoms with Crippen molar-refractivity contribution in [3.8, 4) is 5.75 Å². The lowest BCUT2D eigenvalue weighted by molar-refractivity contribution is -0.123. The van der Waals surface area contributed by atoms with Gasteiger partial charge in [0.05, 0.1) is 6.54 Å². The molecule has 7 heteroatoms. The molecule has 2 aromatic carbocycles. The van der Waals surface area contributed by atoms with E-state index in [-0.39, 0.29) is 11.9 Å². The summed E-state index contributed by atoms with van der Waals surface area (Å²) in [6.07, 6.45) is 1.78. The number of benzene rings is 2. The maximum atomic E-state index is 12.8. The number of carbonyl (C=O) groups is 1. The number of aromatic nitrogens is 1. The van der Waals surface area contributed by atoms with Crippen LogP contribution in [-0.2, 0) is 4.79 Å². The van der Waals surface area contributed by atoms with E-state index in [9.17, 15) is 4.79 Å². The number of hydrogen-bond acceptors (Lipinski definition) is 6. The van der Waals surface area contributed by atoms with Crippen LogP contribution in [0, 0.1) is 0 Å². The Morgan fingerprint density at radius 1 is 1.00 bits per heavy atom. The molecule has 1 aliphatic rings. The maximum absolute atomic E-state index is 12.8. The van der Waals surface area contributed by atoms with Gasteiger partial charge in [-0.25, -0.2) is 4.98 Å². The Labute approximate surface area is 187 Å². The first-order valence-electron chi connectivity index (χ1n) is 10.6. The summed E-state index contributed by atoms with van der Waals surface area (Å²) in [5.74, 6) is 0.941. The van der Waals surface area contributed by atoms with Crippen LogP contribution in [0.2, 0.25) is 0 Å². The molecule has 0 radical (unpaired) electrons. The van der Waals surface area contributed by atoms with E-state index in [1.807, 2.05) is 66.0 Å². The molecule has 1 saturated heterocycles. The summed E-state index contributed by atoms with van der Waals surface area (Å²) < 4.78 is 5.80. The predicted molar refractivity (Wildman–Crippen MR) is 123 cm³/mol. The predicted octanol–water partition coefficient (Wildman–Crippen LogP) is 3.05. The van der Waals surface area contributed by atoms with Crippen LogP contribution < -0.4 is 10.1 Å². The lowest BCUT2D eigenvalue weighted by atomic mass is 10.1. The number of amides is 1. The number of nitrogens with zero attached hydrogens (tertiary/aromatic N) is 3. The van der Waals surface area contributed by atoms with Crippen LogP contribution >= 0.6 is 11.3 Å². The van der Waals surface area contributed by atoms with Gasteiger partial charge >= 0.3 is 0 Å². The number of para-hydroxylation sites is 1. The molecule has 0 spiro atoms. The van der Waals surface area contributed by atoms with Crippen LogP contribution in [0.1, 0.15) is 16.6 Å². The van der Waals surface area contributed by atoms with Crippen molar-refractivity contribution in [2.45, 2.75) is 6.04 Å². The normalized spacial score (nSPS) is 16.0. The fraction of sp³-hybridized carbons (Fsp3) is 0.333. The lowest BCUT2D eigenvalue weighted by Crippen LogP contribution is -2.50. The number of nitrogens with one attached hydrogen (secondary N) is 1. The van der Waals surface area contributed by atoms with Gasteiger partial charge in [-0.05, 0) is 17.7 Å². The summed E-state index contributed by atoms with van der Waals surface area (Å²) in [6.45, 7) is 5.63. The van der Waals surface area contributed by atoms with E-state index in [4.69, 9.17) is 4.74 Å². The van der Waals surface area contributed by atoms with Crippen LogP contribution in [0.15, 0.2) is 72.2 Å². The molecule has 162 valence electrons. The van der Waals surface area contributed by atoms with Gasteiger partial charge in [-0.3, -0.25) is 14.6 Å². The SMILES string of the molecule is O=C(CN1CCN(CCOc2ccccc2)CC1)NC(c1ccccc1)c1nccs1. The van der Waals surface area contributed by atoms with Crippen LogP contribution in [0.3, 0.4) is 0 Å². The van der Waals surface area contributed by atoms with E-state index in [1.54, 1.807) is 17.5 Å². The number of rotatable bonds is 9. The Morgan fingerprint density at radius 2 is 1.68 bits per heavy atom. The quantitative estimate of drug-likeness (QED) is 0.559. The summed E-state index contributed by atoms with van der Waals surface area (Å²) >= 11 is 1.56. The van der Waals surface area contributed by atoms with Gasteiger partial charge in [0.1, 0.15) is 23.4 Å². The van der Waals surface area contributed by atoms with Crippen molar-refractivity contribution in [2.75, 3.05) is 45.9 Å². The zero-order valence-electron chi connectivity index (χ0n) is 17.5. The first-order chi connectivity index (χ1) is 15.3. The molecule has 0 bridgehead atoms. The highest BCUT2D eigenvalue weighted by atomic mass is 32.1. The molecule has 0 saturated carbocycles. The lowest BCUT2D eigenvalue weighted by Gasteiger charge is -2.34. The van der Waals surface area contributed by atoms with Crippen molar-refractivity contribution < 1.29 is 9.53 Å².